The highest BCUT2D eigenvalue weighted by Crippen LogP contribution is 2.27. The maximum atomic E-state index is 8.89. The van der Waals surface area contributed by atoms with Gasteiger partial charge in [0.05, 0.1) is 15.2 Å². The molecule has 0 saturated heterocycles. The van der Waals surface area contributed by atoms with Crippen LogP contribution in [0.4, 0.5) is 17.5 Å². The third kappa shape index (κ3) is 3.17. The normalized spacial score (nSPS) is 13.6. The molecular weight excluding hydrogens is 365 g/mol. The van der Waals surface area contributed by atoms with Gasteiger partial charge in [-0.05, 0) is 53.6 Å². The first-order valence-electron chi connectivity index (χ1n) is 6.31. The molecule has 1 aromatic heterocycles. The summed E-state index contributed by atoms with van der Waals surface area (Å²) < 4.78 is 1.01. The second-order valence-electron chi connectivity index (χ2n) is 4.63. The standard InChI is InChI=1S/C14H12IN5/c15-12-8-17-14(20-13(12)18-10-4-5-10)19-11-3-1-2-9(6-11)7-16/h1-3,6,8,10H,4-5H2,(H2,17,18,19,20). The van der Waals surface area contributed by atoms with E-state index in [2.05, 4.69) is 49.3 Å². The fraction of sp³-hybridized carbons (Fsp3) is 0.214. The summed E-state index contributed by atoms with van der Waals surface area (Å²) in [6.07, 6.45) is 4.19. The van der Waals surface area contributed by atoms with Crippen molar-refractivity contribution in [3.8, 4) is 6.07 Å². The topological polar surface area (TPSA) is 73.6 Å². The molecule has 0 unspecified atom stereocenters. The number of nitriles is 1. The van der Waals surface area contributed by atoms with Crippen LogP contribution in [-0.4, -0.2) is 16.0 Å². The van der Waals surface area contributed by atoms with Crippen LogP contribution in [0.3, 0.4) is 0 Å². The molecule has 2 N–H and O–H groups in total. The number of benzene rings is 1. The van der Waals surface area contributed by atoms with Crippen LogP contribution in [0.25, 0.3) is 0 Å². The van der Waals surface area contributed by atoms with Gasteiger partial charge in [0.2, 0.25) is 5.95 Å². The Balaban J connectivity index is 1.81. The predicted molar refractivity (Wildman–Crippen MR) is 85.8 cm³/mol. The molecule has 2 aromatic rings. The summed E-state index contributed by atoms with van der Waals surface area (Å²) >= 11 is 2.22. The zero-order valence-corrected chi connectivity index (χ0v) is 12.8. The van der Waals surface area contributed by atoms with Gasteiger partial charge in [0.1, 0.15) is 5.82 Å². The van der Waals surface area contributed by atoms with Gasteiger partial charge in [-0.2, -0.15) is 10.2 Å². The summed E-state index contributed by atoms with van der Waals surface area (Å²) in [7, 11) is 0. The zero-order valence-electron chi connectivity index (χ0n) is 10.6. The minimum absolute atomic E-state index is 0.531. The van der Waals surface area contributed by atoms with Gasteiger partial charge in [-0.15, -0.1) is 0 Å². The second-order valence-corrected chi connectivity index (χ2v) is 5.79. The van der Waals surface area contributed by atoms with Crippen molar-refractivity contribution in [1.29, 1.82) is 5.26 Å². The van der Waals surface area contributed by atoms with Crippen molar-refractivity contribution in [2.24, 2.45) is 0 Å². The van der Waals surface area contributed by atoms with Gasteiger partial charge in [-0.1, -0.05) is 6.07 Å². The number of nitrogens with zero attached hydrogens (tertiary/aromatic N) is 3. The van der Waals surface area contributed by atoms with Crippen molar-refractivity contribution >= 4 is 40.0 Å². The molecule has 1 saturated carbocycles. The molecule has 1 aromatic carbocycles. The van der Waals surface area contributed by atoms with Crippen LogP contribution in [-0.2, 0) is 0 Å². The number of hydrogen-bond donors (Lipinski definition) is 2. The van der Waals surface area contributed by atoms with E-state index in [1.54, 1.807) is 18.3 Å². The maximum absolute atomic E-state index is 8.89. The molecule has 3 rings (SSSR count). The van der Waals surface area contributed by atoms with E-state index >= 15 is 0 Å². The Kier molecular flexibility index (Phi) is 3.69. The van der Waals surface area contributed by atoms with Crippen LogP contribution in [0, 0.1) is 14.9 Å². The van der Waals surface area contributed by atoms with E-state index in [-0.39, 0.29) is 0 Å². The molecule has 0 aliphatic heterocycles. The lowest BCUT2D eigenvalue weighted by Crippen LogP contribution is -2.07. The van der Waals surface area contributed by atoms with Crippen LogP contribution in [0.15, 0.2) is 30.5 Å². The van der Waals surface area contributed by atoms with Crippen molar-refractivity contribution in [2.45, 2.75) is 18.9 Å². The van der Waals surface area contributed by atoms with Crippen molar-refractivity contribution in [3.05, 3.63) is 39.6 Å². The van der Waals surface area contributed by atoms with Crippen molar-refractivity contribution < 1.29 is 0 Å². The van der Waals surface area contributed by atoms with Gasteiger partial charge in [-0.25, -0.2) is 4.98 Å². The average molecular weight is 377 g/mol. The molecule has 1 aliphatic rings. The van der Waals surface area contributed by atoms with Gasteiger partial charge in [0, 0.05) is 17.9 Å². The number of anilines is 3. The Hall–Kier alpha value is -1.88. The molecule has 0 bridgehead atoms. The number of hydrogen-bond acceptors (Lipinski definition) is 5. The first-order chi connectivity index (χ1) is 9.74. The summed E-state index contributed by atoms with van der Waals surface area (Å²) in [4.78, 5) is 8.74. The smallest absolute Gasteiger partial charge is 0.229 e. The molecule has 0 atom stereocenters. The molecule has 20 heavy (non-hydrogen) atoms. The zero-order chi connectivity index (χ0) is 13.9. The van der Waals surface area contributed by atoms with E-state index < -0.39 is 0 Å². The van der Waals surface area contributed by atoms with Crippen molar-refractivity contribution in [3.63, 3.8) is 0 Å². The quantitative estimate of drug-likeness (QED) is 0.801. The summed E-state index contributed by atoms with van der Waals surface area (Å²) in [5.74, 6) is 1.39. The van der Waals surface area contributed by atoms with Crippen LogP contribution < -0.4 is 10.6 Å². The molecule has 1 heterocycles. The Morgan fingerprint density at radius 2 is 2.20 bits per heavy atom. The molecule has 1 fully saturated rings. The molecule has 1 aliphatic carbocycles. The van der Waals surface area contributed by atoms with Crippen molar-refractivity contribution in [1.82, 2.24) is 9.97 Å². The third-order valence-electron chi connectivity index (χ3n) is 2.91. The molecule has 100 valence electrons. The number of halogens is 1. The minimum atomic E-state index is 0.531. The lowest BCUT2D eigenvalue weighted by molar-refractivity contribution is 1.07. The molecule has 0 amide bonds. The summed E-state index contributed by atoms with van der Waals surface area (Å²) in [5.41, 5.74) is 1.42. The molecule has 0 radical (unpaired) electrons. The number of nitrogens with one attached hydrogen (secondary N) is 2. The highest BCUT2D eigenvalue weighted by molar-refractivity contribution is 14.1. The monoisotopic (exact) mass is 377 g/mol. The Morgan fingerprint density at radius 1 is 1.35 bits per heavy atom. The highest BCUT2D eigenvalue weighted by Gasteiger charge is 2.22. The Labute approximate surface area is 130 Å². The van der Waals surface area contributed by atoms with E-state index in [1.807, 2.05) is 12.1 Å². The predicted octanol–water partition coefficient (Wildman–Crippen LogP) is 3.27. The lowest BCUT2D eigenvalue weighted by Gasteiger charge is -2.09. The van der Waals surface area contributed by atoms with Crippen molar-refractivity contribution in [2.75, 3.05) is 10.6 Å². The van der Waals surface area contributed by atoms with Gasteiger partial charge >= 0.3 is 0 Å². The van der Waals surface area contributed by atoms with Crippen LogP contribution >= 0.6 is 22.6 Å². The minimum Gasteiger partial charge on any atom is -0.366 e. The van der Waals surface area contributed by atoms with Gasteiger partial charge in [-0.3, -0.25) is 0 Å². The summed E-state index contributed by atoms with van der Waals surface area (Å²) in [5, 5.41) is 15.4. The van der Waals surface area contributed by atoms with Gasteiger partial charge in [0.25, 0.3) is 0 Å². The lowest BCUT2D eigenvalue weighted by atomic mass is 10.2. The fourth-order valence-corrected chi connectivity index (χ4v) is 2.16. The highest BCUT2D eigenvalue weighted by atomic mass is 127. The van der Waals surface area contributed by atoms with Crippen LogP contribution in [0.2, 0.25) is 0 Å². The molecule has 5 nitrogen and oxygen atoms in total. The van der Waals surface area contributed by atoms with E-state index in [4.69, 9.17) is 5.26 Å². The Morgan fingerprint density at radius 3 is 2.95 bits per heavy atom. The summed E-state index contributed by atoms with van der Waals surface area (Å²) in [6, 6.07) is 9.92. The summed E-state index contributed by atoms with van der Waals surface area (Å²) in [6.45, 7) is 0. The third-order valence-corrected chi connectivity index (χ3v) is 3.70. The first kappa shape index (κ1) is 13.1. The van der Waals surface area contributed by atoms with Gasteiger partial charge in [0.15, 0.2) is 0 Å². The first-order valence-corrected chi connectivity index (χ1v) is 7.39. The van der Waals surface area contributed by atoms with E-state index in [1.165, 1.54) is 12.8 Å². The number of aromatic nitrogens is 2. The Bertz CT molecular complexity index is 676. The fourth-order valence-electron chi connectivity index (χ4n) is 1.75. The average Bonchev–Trinajstić information content (AvgIpc) is 3.27. The number of rotatable bonds is 4. The molecule has 0 spiro atoms. The largest absolute Gasteiger partial charge is 0.366 e. The molecule has 6 heteroatoms. The van der Waals surface area contributed by atoms with E-state index in [0.717, 1.165) is 15.1 Å². The second kappa shape index (κ2) is 5.63. The van der Waals surface area contributed by atoms with E-state index in [9.17, 15) is 0 Å². The van der Waals surface area contributed by atoms with E-state index in [0.29, 0.717) is 17.6 Å². The van der Waals surface area contributed by atoms with Crippen LogP contribution in [0.5, 0.6) is 0 Å². The van der Waals surface area contributed by atoms with Crippen LogP contribution in [0.1, 0.15) is 18.4 Å². The van der Waals surface area contributed by atoms with Gasteiger partial charge < -0.3 is 10.6 Å². The molecular formula is C14H12IN5. The maximum Gasteiger partial charge on any atom is 0.229 e. The SMILES string of the molecule is N#Cc1cccc(Nc2ncc(I)c(NC3CC3)n2)c1.